The summed E-state index contributed by atoms with van der Waals surface area (Å²) in [5, 5.41) is 1.99. The number of fused-ring (bicyclic) bond motifs is 1. The van der Waals surface area contributed by atoms with Crippen LogP contribution in [0.15, 0.2) is 17.5 Å². The molecule has 2 heterocycles. The molecule has 2 N–H and O–H groups in total. The van der Waals surface area contributed by atoms with E-state index in [1.807, 2.05) is 17.5 Å². The van der Waals surface area contributed by atoms with E-state index in [0.29, 0.717) is 31.3 Å². The van der Waals surface area contributed by atoms with Crippen LogP contribution in [-0.4, -0.2) is 37.6 Å². The van der Waals surface area contributed by atoms with Gasteiger partial charge in [0.15, 0.2) is 0 Å². The third-order valence-corrected chi connectivity index (χ3v) is 7.20. The number of halogens is 1. The molecule has 1 aliphatic carbocycles. The maximum Gasteiger partial charge on any atom is 0.214 e. The zero-order valence-electron chi connectivity index (χ0n) is 11.3. The van der Waals surface area contributed by atoms with Crippen LogP contribution in [-0.2, 0) is 16.4 Å². The summed E-state index contributed by atoms with van der Waals surface area (Å²) in [5.41, 5.74) is 6.06. The second kappa shape index (κ2) is 6.32. The molecule has 0 radical (unpaired) electrons. The first-order chi connectivity index (χ1) is 9.06. The van der Waals surface area contributed by atoms with Crippen molar-refractivity contribution in [3.8, 4) is 0 Å². The Morgan fingerprint density at radius 3 is 2.80 bits per heavy atom. The molecule has 1 aromatic rings. The molecule has 4 nitrogen and oxygen atoms in total. The van der Waals surface area contributed by atoms with Crippen LogP contribution >= 0.6 is 23.7 Å². The molecule has 1 saturated carbocycles. The van der Waals surface area contributed by atoms with E-state index in [1.54, 1.807) is 15.6 Å². The highest BCUT2D eigenvalue weighted by Crippen LogP contribution is 2.38. The number of aryl methyl sites for hydroxylation is 1. The number of nitrogens with zero attached hydrogens (tertiary/aromatic N) is 1. The van der Waals surface area contributed by atoms with Crippen LogP contribution in [0.2, 0.25) is 0 Å². The highest BCUT2D eigenvalue weighted by atomic mass is 35.5. The summed E-state index contributed by atoms with van der Waals surface area (Å²) in [6, 6.07) is 4.16. The molecule has 2 aliphatic rings. The molecule has 3 atom stereocenters. The number of thiophene rings is 1. The van der Waals surface area contributed by atoms with E-state index >= 15 is 0 Å². The van der Waals surface area contributed by atoms with Crippen molar-refractivity contribution in [3.05, 3.63) is 22.4 Å². The number of rotatable bonds is 4. The summed E-state index contributed by atoms with van der Waals surface area (Å²) in [7, 11) is -3.12. The normalized spacial score (nSPS) is 30.1. The van der Waals surface area contributed by atoms with Crippen molar-refractivity contribution >= 4 is 33.8 Å². The fourth-order valence-corrected chi connectivity index (χ4v) is 5.70. The quantitative estimate of drug-likeness (QED) is 0.910. The lowest BCUT2D eigenvalue weighted by Crippen LogP contribution is -2.35. The van der Waals surface area contributed by atoms with E-state index in [-0.39, 0.29) is 24.2 Å². The Kier molecular flexibility index (Phi) is 5.13. The van der Waals surface area contributed by atoms with Crippen LogP contribution in [0.25, 0.3) is 0 Å². The monoisotopic (exact) mass is 336 g/mol. The van der Waals surface area contributed by atoms with Gasteiger partial charge in [0.25, 0.3) is 0 Å². The number of nitrogens with two attached hydrogens (primary N) is 1. The Morgan fingerprint density at radius 2 is 2.15 bits per heavy atom. The molecule has 3 rings (SSSR count). The molecule has 0 amide bonds. The second-order valence-corrected chi connectivity index (χ2v) is 8.75. The molecular weight excluding hydrogens is 316 g/mol. The number of sulfonamides is 1. The van der Waals surface area contributed by atoms with Crippen molar-refractivity contribution in [1.29, 1.82) is 0 Å². The van der Waals surface area contributed by atoms with Gasteiger partial charge in [-0.3, -0.25) is 0 Å². The molecule has 2 fully saturated rings. The largest absolute Gasteiger partial charge is 0.327 e. The van der Waals surface area contributed by atoms with E-state index in [9.17, 15) is 8.42 Å². The van der Waals surface area contributed by atoms with E-state index in [2.05, 4.69) is 0 Å². The maximum absolute atomic E-state index is 12.4. The van der Waals surface area contributed by atoms with Gasteiger partial charge < -0.3 is 5.73 Å². The lowest BCUT2D eigenvalue weighted by molar-refractivity contribution is 0.427. The topological polar surface area (TPSA) is 63.4 Å². The van der Waals surface area contributed by atoms with Gasteiger partial charge in [-0.2, -0.15) is 0 Å². The standard InChI is InChI=1S/C13H20N2O2S2.ClH/c14-13-4-3-10-8-15(9-12(10)13)19(16,17)7-5-11-2-1-6-18-11;/h1-2,6,10,12-13H,3-5,7-9,14H2;1H. The average molecular weight is 337 g/mol. The first kappa shape index (κ1) is 16.2. The predicted octanol–water partition coefficient (Wildman–Crippen LogP) is 1.71. The second-order valence-electron chi connectivity index (χ2n) is 5.63. The smallest absolute Gasteiger partial charge is 0.214 e. The van der Waals surface area contributed by atoms with Crippen LogP contribution in [0.3, 0.4) is 0 Å². The van der Waals surface area contributed by atoms with E-state index in [4.69, 9.17) is 5.73 Å². The van der Waals surface area contributed by atoms with Crippen LogP contribution < -0.4 is 5.73 Å². The first-order valence-electron chi connectivity index (χ1n) is 6.82. The minimum atomic E-state index is -3.12. The highest BCUT2D eigenvalue weighted by molar-refractivity contribution is 7.89. The molecule has 0 aromatic carbocycles. The molecular formula is C13H21ClN2O2S2. The van der Waals surface area contributed by atoms with Crippen molar-refractivity contribution in [3.63, 3.8) is 0 Å². The molecule has 3 unspecified atom stereocenters. The van der Waals surface area contributed by atoms with Crippen LogP contribution in [0.1, 0.15) is 17.7 Å². The van der Waals surface area contributed by atoms with Crippen LogP contribution in [0.4, 0.5) is 0 Å². The molecule has 1 saturated heterocycles. The SMILES string of the molecule is Cl.NC1CCC2CN(S(=O)(=O)CCc3cccs3)CC12. The van der Waals surface area contributed by atoms with Crippen LogP contribution in [0.5, 0.6) is 0 Å². The predicted molar refractivity (Wildman–Crippen MR) is 84.8 cm³/mol. The van der Waals surface area contributed by atoms with Crippen molar-refractivity contribution < 1.29 is 8.42 Å². The summed E-state index contributed by atoms with van der Waals surface area (Å²) in [5.74, 6) is 1.10. The van der Waals surface area contributed by atoms with Gasteiger partial charge in [-0.05, 0) is 42.5 Å². The first-order valence-corrected chi connectivity index (χ1v) is 9.31. The summed E-state index contributed by atoms with van der Waals surface area (Å²) in [6.07, 6.45) is 2.76. The minimum Gasteiger partial charge on any atom is -0.327 e. The molecule has 7 heteroatoms. The molecule has 114 valence electrons. The number of hydrogen-bond acceptors (Lipinski definition) is 4. The van der Waals surface area contributed by atoms with Gasteiger partial charge in [-0.1, -0.05) is 6.07 Å². The molecule has 1 aliphatic heterocycles. The summed E-state index contributed by atoms with van der Waals surface area (Å²) in [6.45, 7) is 1.32. The molecule has 0 bridgehead atoms. The molecule has 1 aromatic heterocycles. The van der Waals surface area contributed by atoms with E-state index < -0.39 is 10.0 Å². The fourth-order valence-electron chi connectivity index (χ4n) is 3.31. The van der Waals surface area contributed by atoms with Crippen molar-refractivity contribution in [1.82, 2.24) is 4.31 Å². The molecule has 0 spiro atoms. The zero-order valence-corrected chi connectivity index (χ0v) is 13.7. The average Bonchev–Trinajstić information content (AvgIpc) is 3.06. The van der Waals surface area contributed by atoms with E-state index in [0.717, 1.165) is 17.7 Å². The number of hydrogen-bond donors (Lipinski definition) is 1. The van der Waals surface area contributed by atoms with Gasteiger partial charge in [0.05, 0.1) is 5.75 Å². The Labute approximate surface area is 130 Å². The fraction of sp³-hybridized carbons (Fsp3) is 0.692. The van der Waals surface area contributed by atoms with Gasteiger partial charge in [0.2, 0.25) is 10.0 Å². The van der Waals surface area contributed by atoms with Gasteiger partial charge in [0.1, 0.15) is 0 Å². The van der Waals surface area contributed by atoms with Crippen molar-refractivity contribution in [2.75, 3.05) is 18.8 Å². The van der Waals surface area contributed by atoms with Gasteiger partial charge in [-0.25, -0.2) is 12.7 Å². The summed E-state index contributed by atoms with van der Waals surface area (Å²) >= 11 is 1.62. The van der Waals surface area contributed by atoms with Gasteiger partial charge in [0, 0.05) is 24.0 Å². The Balaban J connectivity index is 0.00000147. The summed E-state index contributed by atoms with van der Waals surface area (Å²) in [4.78, 5) is 1.14. The Morgan fingerprint density at radius 1 is 1.35 bits per heavy atom. The summed E-state index contributed by atoms with van der Waals surface area (Å²) < 4.78 is 26.4. The zero-order chi connectivity index (χ0) is 13.5. The lowest BCUT2D eigenvalue weighted by atomic mass is 9.98. The van der Waals surface area contributed by atoms with Gasteiger partial charge in [-0.15, -0.1) is 23.7 Å². The van der Waals surface area contributed by atoms with Crippen molar-refractivity contribution in [2.45, 2.75) is 25.3 Å². The van der Waals surface area contributed by atoms with Gasteiger partial charge >= 0.3 is 0 Å². The maximum atomic E-state index is 12.4. The Hall–Kier alpha value is -0.140. The highest BCUT2D eigenvalue weighted by Gasteiger charge is 2.44. The third-order valence-electron chi connectivity index (χ3n) is 4.46. The third kappa shape index (κ3) is 3.20. The van der Waals surface area contributed by atoms with Crippen molar-refractivity contribution in [2.24, 2.45) is 17.6 Å². The van der Waals surface area contributed by atoms with E-state index in [1.165, 1.54) is 0 Å². The minimum absolute atomic E-state index is 0. The lowest BCUT2D eigenvalue weighted by Gasteiger charge is -2.18. The Bertz CT molecular complexity index is 533. The van der Waals surface area contributed by atoms with Crippen LogP contribution in [0, 0.1) is 11.8 Å². The molecule has 20 heavy (non-hydrogen) atoms.